The van der Waals surface area contributed by atoms with Gasteiger partial charge in [0.05, 0.1) is 6.10 Å². The molecular formula is C16H29N5O. The highest BCUT2D eigenvalue weighted by Gasteiger charge is 2.16. The predicted octanol–water partition coefficient (Wildman–Crippen LogP) is 0.725. The summed E-state index contributed by atoms with van der Waals surface area (Å²) in [6.07, 6.45) is 4.41. The topological polar surface area (TPSA) is 64.5 Å². The van der Waals surface area contributed by atoms with E-state index in [2.05, 4.69) is 39.1 Å². The summed E-state index contributed by atoms with van der Waals surface area (Å²) < 4.78 is 0. The molecule has 6 heteroatoms. The van der Waals surface area contributed by atoms with Gasteiger partial charge in [0, 0.05) is 50.7 Å². The van der Waals surface area contributed by atoms with Gasteiger partial charge in [0.2, 0.25) is 5.95 Å². The molecular weight excluding hydrogens is 278 g/mol. The van der Waals surface area contributed by atoms with E-state index in [-0.39, 0.29) is 6.10 Å². The minimum absolute atomic E-state index is 0.233. The van der Waals surface area contributed by atoms with Crippen molar-refractivity contribution in [2.24, 2.45) is 5.92 Å². The predicted molar refractivity (Wildman–Crippen MR) is 88.9 cm³/mol. The van der Waals surface area contributed by atoms with Crippen LogP contribution in [0, 0.1) is 5.92 Å². The Morgan fingerprint density at radius 2 is 1.82 bits per heavy atom. The van der Waals surface area contributed by atoms with Crippen molar-refractivity contribution in [1.29, 1.82) is 0 Å². The minimum Gasteiger partial charge on any atom is -0.393 e. The lowest BCUT2D eigenvalue weighted by Crippen LogP contribution is -2.45. The smallest absolute Gasteiger partial charge is 0.225 e. The van der Waals surface area contributed by atoms with Crippen molar-refractivity contribution in [1.82, 2.24) is 20.2 Å². The van der Waals surface area contributed by atoms with Gasteiger partial charge in [0.25, 0.3) is 0 Å². The lowest BCUT2D eigenvalue weighted by Gasteiger charge is -2.32. The summed E-state index contributed by atoms with van der Waals surface area (Å²) in [7, 11) is 2.14. The Morgan fingerprint density at radius 1 is 1.18 bits per heavy atom. The molecule has 0 radical (unpaired) electrons. The third kappa shape index (κ3) is 5.51. The molecule has 2 heterocycles. The summed E-state index contributed by atoms with van der Waals surface area (Å²) in [6, 6.07) is 0. The van der Waals surface area contributed by atoms with Crippen molar-refractivity contribution in [3.8, 4) is 0 Å². The zero-order valence-electron chi connectivity index (χ0n) is 14.0. The van der Waals surface area contributed by atoms with Crippen molar-refractivity contribution in [2.75, 3.05) is 44.7 Å². The molecule has 2 unspecified atom stereocenters. The molecule has 22 heavy (non-hydrogen) atoms. The molecule has 2 atom stereocenters. The number of hydrogen-bond donors (Lipinski definition) is 2. The summed E-state index contributed by atoms with van der Waals surface area (Å²) in [5.41, 5.74) is 1.10. The maximum absolute atomic E-state index is 9.35. The number of aliphatic hydroxyl groups is 1. The molecule has 2 rings (SSSR count). The molecule has 1 saturated heterocycles. The first-order valence-electron chi connectivity index (χ1n) is 8.17. The standard InChI is InChI=1S/C16H29N5O/c1-13(8-14(2)22)9-17-10-15-11-18-16(19-12-15)21-6-4-20(3)5-7-21/h11-14,17,22H,4-10H2,1-3H3. The van der Waals surface area contributed by atoms with E-state index >= 15 is 0 Å². The second kappa shape index (κ2) is 8.41. The Balaban J connectivity index is 1.75. The number of hydrogen-bond acceptors (Lipinski definition) is 6. The Bertz CT molecular complexity index is 429. The first-order valence-corrected chi connectivity index (χ1v) is 8.17. The normalized spacial score (nSPS) is 19.2. The first-order chi connectivity index (χ1) is 10.5. The summed E-state index contributed by atoms with van der Waals surface area (Å²) in [4.78, 5) is 13.5. The fraction of sp³-hybridized carbons (Fsp3) is 0.750. The zero-order valence-corrected chi connectivity index (χ0v) is 14.0. The molecule has 1 aromatic heterocycles. The monoisotopic (exact) mass is 307 g/mol. The third-order valence-electron chi connectivity index (χ3n) is 4.04. The molecule has 0 aromatic carbocycles. The van der Waals surface area contributed by atoms with E-state index in [1.54, 1.807) is 0 Å². The van der Waals surface area contributed by atoms with E-state index in [9.17, 15) is 5.11 Å². The fourth-order valence-electron chi connectivity index (χ4n) is 2.74. The number of nitrogens with zero attached hydrogens (tertiary/aromatic N) is 4. The van der Waals surface area contributed by atoms with E-state index < -0.39 is 0 Å². The first kappa shape index (κ1) is 17.1. The van der Waals surface area contributed by atoms with Gasteiger partial charge in [-0.05, 0) is 32.9 Å². The van der Waals surface area contributed by atoms with Gasteiger partial charge < -0.3 is 20.2 Å². The molecule has 0 aliphatic carbocycles. The Kier molecular flexibility index (Phi) is 6.54. The summed E-state index contributed by atoms with van der Waals surface area (Å²) in [5, 5.41) is 12.8. The van der Waals surface area contributed by atoms with E-state index in [0.717, 1.165) is 57.2 Å². The molecule has 1 aromatic rings. The van der Waals surface area contributed by atoms with Crippen LogP contribution in [0.1, 0.15) is 25.8 Å². The van der Waals surface area contributed by atoms with Crippen molar-refractivity contribution >= 4 is 5.95 Å². The maximum atomic E-state index is 9.35. The second-order valence-electron chi connectivity index (χ2n) is 6.50. The van der Waals surface area contributed by atoms with E-state index in [1.807, 2.05) is 19.3 Å². The van der Waals surface area contributed by atoms with Gasteiger partial charge in [-0.25, -0.2) is 9.97 Å². The lowest BCUT2D eigenvalue weighted by molar-refractivity contribution is 0.163. The Labute approximate surface area is 133 Å². The van der Waals surface area contributed by atoms with E-state index in [0.29, 0.717) is 5.92 Å². The van der Waals surface area contributed by atoms with Crippen LogP contribution < -0.4 is 10.2 Å². The van der Waals surface area contributed by atoms with Crippen molar-refractivity contribution in [2.45, 2.75) is 32.9 Å². The van der Waals surface area contributed by atoms with Gasteiger partial charge in [-0.2, -0.15) is 0 Å². The van der Waals surface area contributed by atoms with Gasteiger partial charge in [0.15, 0.2) is 0 Å². The molecule has 0 bridgehead atoms. The highest BCUT2D eigenvalue weighted by atomic mass is 16.3. The van der Waals surface area contributed by atoms with Gasteiger partial charge in [-0.3, -0.25) is 0 Å². The molecule has 1 aliphatic rings. The summed E-state index contributed by atoms with van der Waals surface area (Å²) in [6.45, 7) is 9.75. The van der Waals surface area contributed by atoms with Crippen LogP contribution in [0.25, 0.3) is 0 Å². The molecule has 6 nitrogen and oxygen atoms in total. The number of rotatable bonds is 7. The molecule has 1 aliphatic heterocycles. The van der Waals surface area contributed by atoms with Gasteiger partial charge in [0.1, 0.15) is 0 Å². The molecule has 0 amide bonds. The van der Waals surface area contributed by atoms with Gasteiger partial charge in [-0.15, -0.1) is 0 Å². The molecule has 2 N–H and O–H groups in total. The number of likely N-dealkylation sites (N-methyl/N-ethyl adjacent to an activating group) is 1. The number of piperazine rings is 1. The van der Waals surface area contributed by atoms with Crippen LogP contribution in [-0.4, -0.2) is 65.8 Å². The van der Waals surface area contributed by atoms with Crippen molar-refractivity contribution in [3.05, 3.63) is 18.0 Å². The van der Waals surface area contributed by atoms with Crippen LogP contribution in [0.15, 0.2) is 12.4 Å². The van der Waals surface area contributed by atoms with Crippen LogP contribution >= 0.6 is 0 Å². The fourth-order valence-corrected chi connectivity index (χ4v) is 2.74. The molecule has 1 fully saturated rings. The lowest BCUT2D eigenvalue weighted by atomic mass is 10.0. The van der Waals surface area contributed by atoms with Crippen molar-refractivity contribution < 1.29 is 5.11 Å². The number of nitrogens with one attached hydrogen (secondary N) is 1. The minimum atomic E-state index is -0.233. The highest BCUT2D eigenvalue weighted by Crippen LogP contribution is 2.10. The van der Waals surface area contributed by atoms with E-state index in [1.165, 1.54) is 0 Å². The number of anilines is 1. The Hall–Kier alpha value is -1.24. The average molecular weight is 307 g/mol. The second-order valence-corrected chi connectivity index (χ2v) is 6.50. The third-order valence-corrected chi connectivity index (χ3v) is 4.04. The zero-order chi connectivity index (χ0) is 15.9. The van der Waals surface area contributed by atoms with Crippen molar-refractivity contribution in [3.63, 3.8) is 0 Å². The van der Waals surface area contributed by atoms with Gasteiger partial charge in [-0.1, -0.05) is 6.92 Å². The number of aliphatic hydroxyl groups excluding tert-OH is 1. The van der Waals surface area contributed by atoms with Crippen LogP contribution in [0.2, 0.25) is 0 Å². The van der Waals surface area contributed by atoms with Crippen LogP contribution in [0.3, 0.4) is 0 Å². The molecule has 0 spiro atoms. The average Bonchev–Trinajstić information content (AvgIpc) is 2.48. The number of aromatic nitrogens is 2. The summed E-state index contributed by atoms with van der Waals surface area (Å²) >= 11 is 0. The SMILES string of the molecule is CC(O)CC(C)CNCc1cnc(N2CCN(C)CC2)nc1. The largest absolute Gasteiger partial charge is 0.393 e. The van der Waals surface area contributed by atoms with Crippen LogP contribution in [0.4, 0.5) is 5.95 Å². The quantitative estimate of drug-likeness (QED) is 0.774. The van der Waals surface area contributed by atoms with Crippen LogP contribution in [-0.2, 0) is 6.54 Å². The highest BCUT2D eigenvalue weighted by molar-refractivity contribution is 5.30. The van der Waals surface area contributed by atoms with Crippen LogP contribution in [0.5, 0.6) is 0 Å². The van der Waals surface area contributed by atoms with E-state index in [4.69, 9.17) is 0 Å². The molecule has 0 saturated carbocycles. The summed E-state index contributed by atoms with van der Waals surface area (Å²) in [5.74, 6) is 1.30. The molecule has 124 valence electrons. The maximum Gasteiger partial charge on any atom is 0.225 e. The Morgan fingerprint density at radius 3 is 2.41 bits per heavy atom. The van der Waals surface area contributed by atoms with Gasteiger partial charge >= 0.3 is 0 Å².